The number of benzene rings is 9. The molecule has 278 valence electrons. The number of nitrogens with zero attached hydrogens (tertiary/aromatic N) is 2. The van der Waals surface area contributed by atoms with Gasteiger partial charge in [0, 0.05) is 32.6 Å². The largest absolute Gasteiger partial charge is 0.309 e. The molecule has 0 radical (unpaired) electrons. The zero-order chi connectivity index (χ0) is 39.2. The molecule has 0 fully saturated rings. The summed E-state index contributed by atoms with van der Waals surface area (Å²) in [4.78, 5) is 2.65. The molecule has 0 N–H and O–H groups in total. The van der Waals surface area contributed by atoms with E-state index in [-0.39, 0.29) is 10.8 Å². The number of hydrogen-bond donors (Lipinski definition) is 0. The van der Waals surface area contributed by atoms with Gasteiger partial charge in [0.1, 0.15) is 0 Å². The van der Waals surface area contributed by atoms with Crippen LogP contribution >= 0.6 is 0 Å². The van der Waals surface area contributed by atoms with E-state index in [4.69, 9.17) is 0 Å². The average Bonchev–Trinajstić information content (AvgIpc) is 3.85. The molecule has 2 heteroatoms. The van der Waals surface area contributed by atoms with Gasteiger partial charge >= 0.3 is 0 Å². The third-order valence-corrected chi connectivity index (χ3v) is 14.1. The smallest absolute Gasteiger partial charge is 0.0553 e. The Hall–Kier alpha value is -7.16. The molecule has 13 rings (SSSR count). The second-order valence-corrected chi connectivity index (χ2v) is 17.4. The Morgan fingerprint density at radius 1 is 0.373 bits per heavy atom. The van der Waals surface area contributed by atoms with Gasteiger partial charge in [0.2, 0.25) is 0 Å². The summed E-state index contributed by atoms with van der Waals surface area (Å²) < 4.78 is 2.46. The minimum Gasteiger partial charge on any atom is -0.309 e. The second-order valence-electron chi connectivity index (χ2n) is 17.4. The van der Waals surface area contributed by atoms with Gasteiger partial charge in [-0.25, -0.2) is 0 Å². The molecule has 0 bridgehead atoms. The molecule has 2 heterocycles. The fraction of sp³-hybridized carbons (Fsp3) is 0.0877. The molecule has 0 amide bonds. The number of rotatable bonds is 3. The van der Waals surface area contributed by atoms with Crippen molar-refractivity contribution in [2.45, 2.75) is 31.6 Å². The molecular formula is C57H40N2. The fourth-order valence-electron chi connectivity index (χ4n) is 11.6. The molecule has 0 saturated heterocycles. The quantitative estimate of drug-likeness (QED) is 0.174. The van der Waals surface area contributed by atoms with Crippen molar-refractivity contribution in [2.24, 2.45) is 0 Å². The molecule has 1 aromatic heterocycles. The summed E-state index contributed by atoms with van der Waals surface area (Å²) in [6.07, 6.45) is 0. The minimum absolute atomic E-state index is 0.214. The minimum atomic E-state index is -0.316. The molecule has 3 aliphatic rings. The van der Waals surface area contributed by atoms with E-state index in [1.165, 1.54) is 117 Å². The van der Waals surface area contributed by atoms with Crippen LogP contribution in [0.5, 0.6) is 0 Å². The zero-order valence-electron chi connectivity index (χ0n) is 33.3. The van der Waals surface area contributed by atoms with Crippen LogP contribution in [-0.2, 0) is 10.8 Å². The number of fused-ring (bicyclic) bond motifs is 13. The Bertz CT molecular complexity index is 3400. The molecule has 1 unspecified atom stereocenters. The average molecular weight is 753 g/mol. The predicted octanol–water partition coefficient (Wildman–Crippen LogP) is 15.0. The van der Waals surface area contributed by atoms with Gasteiger partial charge in [-0.2, -0.15) is 0 Å². The van der Waals surface area contributed by atoms with Gasteiger partial charge < -0.3 is 9.47 Å². The van der Waals surface area contributed by atoms with Gasteiger partial charge in [-0.1, -0.05) is 166 Å². The van der Waals surface area contributed by atoms with E-state index in [1.807, 2.05) is 0 Å². The standard InChI is InChI=1S/C57H40N2/c1-56(2)45-23-9-4-18-38(45)43-32-33-47-55(54(43)56)59(52-29-15-22-42-39-19-5-10-24-46(39)57(47,3)53(42)52)48-25-11-6-17-37(48)36-31-30-35-16-14-28-51(44(35)34-36)58-49-26-12-7-20-40(49)41-21-8-13-27-50(41)58/h4-34H,1-3H3. The van der Waals surface area contributed by atoms with Crippen molar-refractivity contribution in [3.63, 3.8) is 0 Å². The summed E-state index contributed by atoms with van der Waals surface area (Å²) in [5, 5.41) is 4.99. The van der Waals surface area contributed by atoms with Gasteiger partial charge in [0.25, 0.3) is 0 Å². The van der Waals surface area contributed by atoms with Crippen molar-refractivity contribution in [2.75, 3.05) is 4.90 Å². The molecule has 0 saturated carbocycles. The van der Waals surface area contributed by atoms with Crippen molar-refractivity contribution < 1.29 is 0 Å². The molecule has 1 aliphatic heterocycles. The Kier molecular flexibility index (Phi) is 6.40. The van der Waals surface area contributed by atoms with Crippen LogP contribution in [-0.4, -0.2) is 4.57 Å². The maximum Gasteiger partial charge on any atom is 0.0553 e. The van der Waals surface area contributed by atoms with E-state index < -0.39 is 0 Å². The second kappa shape index (κ2) is 11.5. The van der Waals surface area contributed by atoms with Gasteiger partial charge in [0.15, 0.2) is 0 Å². The number of hydrogen-bond acceptors (Lipinski definition) is 1. The van der Waals surface area contributed by atoms with Gasteiger partial charge in [-0.15, -0.1) is 0 Å². The molecule has 1 atom stereocenters. The van der Waals surface area contributed by atoms with E-state index in [2.05, 4.69) is 218 Å². The van der Waals surface area contributed by atoms with E-state index >= 15 is 0 Å². The van der Waals surface area contributed by atoms with Gasteiger partial charge in [0.05, 0.1) is 33.8 Å². The highest BCUT2D eigenvalue weighted by Gasteiger charge is 2.51. The van der Waals surface area contributed by atoms with Crippen molar-refractivity contribution in [1.29, 1.82) is 0 Å². The maximum absolute atomic E-state index is 2.65. The lowest BCUT2D eigenvalue weighted by molar-refractivity contribution is 0.647. The van der Waals surface area contributed by atoms with E-state index in [9.17, 15) is 0 Å². The predicted molar refractivity (Wildman–Crippen MR) is 247 cm³/mol. The lowest BCUT2D eigenvalue weighted by Crippen LogP contribution is -2.34. The molecular weight excluding hydrogens is 713 g/mol. The van der Waals surface area contributed by atoms with Crippen LogP contribution in [0.2, 0.25) is 0 Å². The Morgan fingerprint density at radius 3 is 1.73 bits per heavy atom. The van der Waals surface area contributed by atoms with Crippen LogP contribution in [0.4, 0.5) is 17.1 Å². The van der Waals surface area contributed by atoms with Crippen molar-refractivity contribution in [1.82, 2.24) is 4.57 Å². The lowest BCUT2D eigenvalue weighted by atomic mass is 9.68. The zero-order valence-corrected chi connectivity index (χ0v) is 33.3. The summed E-state index contributed by atoms with van der Waals surface area (Å²) in [5.41, 5.74) is 21.5. The molecule has 2 nitrogen and oxygen atoms in total. The summed E-state index contributed by atoms with van der Waals surface area (Å²) in [5.74, 6) is 0. The van der Waals surface area contributed by atoms with Crippen molar-refractivity contribution in [3.8, 4) is 39.1 Å². The van der Waals surface area contributed by atoms with Gasteiger partial charge in [-0.05, 0) is 104 Å². The third-order valence-electron chi connectivity index (χ3n) is 14.1. The SMILES string of the molecule is CC1(C)c2ccccc2-c2ccc3c(c21)N(c1ccccc1-c1ccc2cccc(-n4c5ccccc5c5ccccc54)c2c1)c1cccc2c1C3(C)c1ccccc1-2. The Labute approximate surface area is 344 Å². The molecule has 9 aromatic carbocycles. The normalized spacial score (nSPS) is 16.6. The summed E-state index contributed by atoms with van der Waals surface area (Å²) in [7, 11) is 0. The maximum atomic E-state index is 2.65. The monoisotopic (exact) mass is 752 g/mol. The number of para-hydroxylation sites is 3. The van der Waals surface area contributed by atoms with E-state index in [0.29, 0.717) is 0 Å². The Morgan fingerprint density at radius 2 is 0.949 bits per heavy atom. The number of aromatic nitrogens is 1. The van der Waals surface area contributed by atoms with Crippen LogP contribution in [0.3, 0.4) is 0 Å². The first-order valence-corrected chi connectivity index (χ1v) is 20.9. The topological polar surface area (TPSA) is 8.17 Å². The summed E-state index contributed by atoms with van der Waals surface area (Å²) in [6.45, 7) is 7.33. The van der Waals surface area contributed by atoms with Crippen LogP contribution in [0.25, 0.3) is 71.6 Å². The summed E-state index contributed by atoms with van der Waals surface area (Å²) >= 11 is 0. The van der Waals surface area contributed by atoms with Crippen LogP contribution < -0.4 is 4.90 Å². The van der Waals surface area contributed by atoms with E-state index in [0.717, 1.165) is 0 Å². The van der Waals surface area contributed by atoms with Crippen LogP contribution in [0.15, 0.2) is 188 Å². The summed E-state index contributed by atoms with van der Waals surface area (Å²) in [6, 6.07) is 70.5. The first-order chi connectivity index (χ1) is 28.9. The molecule has 10 aromatic rings. The molecule has 59 heavy (non-hydrogen) atoms. The highest BCUT2D eigenvalue weighted by atomic mass is 15.2. The molecule has 2 aliphatic carbocycles. The Balaban J connectivity index is 1.10. The van der Waals surface area contributed by atoms with Gasteiger partial charge in [-0.3, -0.25) is 0 Å². The van der Waals surface area contributed by atoms with Crippen molar-refractivity contribution >= 4 is 49.6 Å². The highest BCUT2D eigenvalue weighted by Crippen LogP contribution is 2.66. The highest BCUT2D eigenvalue weighted by molar-refractivity contribution is 6.11. The van der Waals surface area contributed by atoms with E-state index in [1.54, 1.807) is 0 Å². The lowest BCUT2D eigenvalue weighted by Gasteiger charge is -2.45. The first kappa shape index (κ1) is 32.9. The fourth-order valence-corrected chi connectivity index (χ4v) is 11.6. The van der Waals surface area contributed by atoms with Crippen molar-refractivity contribution in [3.05, 3.63) is 216 Å². The third kappa shape index (κ3) is 4.11. The van der Waals surface area contributed by atoms with Crippen LogP contribution in [0, 0.1) is 0 Å². The molecule has 0 spiro atoms. The van der Waals surface area contributed by atoms with Crippen LogP contribution in [0.1, 0.15) is 48.6 Å². The number of anilines is 3. The first-order valence-electron chi connectivity index (χ1n) is 20.9.